The summed E-state index contributed by atoms with van der Waals surface area (Å²) in [7, 11) is 3.80. The number of rotatable bonds is 6. The van der Waals surface area contributed by atoms with Crippen LogP contribution in [0.4, 0.5) is 5.69 Å². The van der Waals surface area contributed by atoms with Crippen LogP contribution >= 0.6 is 0 Å². The minimum absolute atomic E-state index is 0.0815. The fourth-order valence-electron chi connectivity index (χ4n) is 3.57. The molecule has 0 aromatic heterocycles. The van der Waals surface area contributed by atoms with E-state index in [4.69, 9.17) is 9.47 Å². The number of nitrogens with zero attached hydrogens (tertiary/aromatic N) is 1. The second-order valence-electron chi connectivity index (χ2n) is 7.88. The van der Waals surface area contributed by atoms with Crippen molar-refractivity contribution < 1.29 is 19.1 Å². The van der Waals surface area contributed by atoms with Gasteiger partial charge in [-0.15, -0.1) is 0 Å². The molecule has 1 aromatic carbocycles. The first kappa shape index (κ1) is 20.3. The lowest BCUT2D eigenvalue weighted by molar-refractivity contribution is -0.159. The zero-order valence-electron chi connectivity index (χ0n) is 16.5. The standard InChI is InChI=1S/C21H31NO4/c1-14(2)18-10-9-15(3)11-19(18)26-20(23)13-25-21(24)16-7-6-8-17(12-16)22(4)5/h6-8,12,14-15,18-19H,9-11,13H2,1-5H3/t15-,18+,19-/m1/s1. The highest BCUT2D eigenvalue weighted by Crippen LogP contribution is 2.35. The number of esters is 2. The molecule has 5 heteroatoms. The maximum atomic E-state index is 12.2. The summed E-state index contributed by atoms with van der Waals surface area (Å²) in [4.78, 5) is 26.3. The van der Waals surface area contributed by atoms with Crippen LogP contribution in [0, 0.1) is 17.8 Å². The molecule has 144 valence electrons. The quantitative estimate of drug-likeness (QED) is 0.719. The van der Waals surface area contributed by atoms with Gasteiger partial charge < -0.3 is 14.4 Å². The number of anilines is 1. The predicted octanol–water partition coefficient (Wildman–Crippen LogP) is 3.91. The van der Waals surface area contributed by atoms with Gasteiger partial charge in [0.05, 0.1) is 5.56 Å². The molecule has 0 bridgehead atoms. The first-order valence-electron chi connectivity index (χ1n) is 9.42. The Hall–Kier alpha value is -2.04. The van der Waals surface area contributed by atoms with E-state index in [0.29, 0.717) is 23.3 Å². The fourth-order valence-corrected chi connectivity index (χ4v) is 3.57. The monoisotopic (exact) mass is 361 g/mol. The molecule has 1 aliphatic rings. The van der Waals surface area contributed by atoms with Crippen molar-refractivity contribution in [3.63, 3.8) is 0 Å². The average Bonchev–Trinajstić information content (AvgIpc) is 2.59. The summed E-state index contributed by atoms with van der Waals surface area (Å²) in [5, 5.41) is 0. The van der Waals surface area contributed by atoms with Crippen molar-refractivity contribution in [3.8, 4) is 0 Å². The number of hydrogen-bond acceptors (Lipinski definition) is 5. The van der Waals surface area contributed by atoms with Crippen LogP contribution in [0.2, 0.25) is 0 Å². The molecule has 1 saturated carbocycles. The average molecular weight is 361 g/mol. The zero-order chi connectivity index (χ0) is 19.3. The molecule has 1 aliphatic carbocycles. The minimum Gasteiger partial charge on any atom is -0.460 e. The Morgan fingerprint density at radius 3 is 2.62 bits per heavy atom. The number of hydrogen-bond donors (Lipinski definition) is 0. The second kappa shape index (κ2) is 9.06. The van der Waals surface area contributed by atoms with E-state index < -0.39 is 11.9 Å². The maximum Gasteiger partial charge on any atom is 0.344 e. The number of carbonyl (C=O) groups excluding carboxylic acids is 2. The lowest BCUT2D eigenvalue weighted by atomic mass is 9.75. The SMILES string of the molecule is CC(C)[C@@H]1CC[C@@H](C)C[C@H]1OC(=O)COC(=O)c1cccc(N(C)C)c1. The molecule has 0 unspecified atom stereocenters. The van der Waals surface area contributed by atoms with E-state index >= 15 is 0 Å². The van der Waals surface area contributed by atoms with E-state index in [-0.39, 0.29) is 12.7 Å². The molecule has 0 radical (unpaired) electrons. The smallest absolute Gasteiger partial charge is 0.344 e. The van der Waals surface area contributed by atoms with Crippen molar-refractivity contribution in [3.05, 3.63) is 29.8 Å². The van der Waals surface area contributed by atoms with Crippen LogP contribution in [-0.2, 0) is 14.3 Å². The highest BCUT2D eigenvalue weighted by Gasteiger charge is 2.33. The Morgan fingerprint density at radius 2 is 1.96 bits per heavy atom. The fraction of sp³-hybridized carbons (Fsp3) is 0.619. The summed E-state index contributed by atoms with van der Waals surface area (Å²) in [5.41, 5.74) is 1.33. The normalized spacial score (nSPS) is 22.8. The molecule has 5 nitrogen and oxygen atoms in total. The van der Waals surface area contributed by atoms with Crippen LogP contribution in [-0.4, -0.2) is 38.7 Å². The third kappa shape index (κ3) is 5.48. The first-order chi connectivity index (χ1) is 12.3. The molecule has 0 heterocycles. The third-order valence-corrected chi connectivity index (χ3v) is 5.16. The topological polar surface area (TPSA) is 55.8 Å². The Balaban J connectivity index is 1.89. The van der Waals surface area contributed by atoms with Crippen LogP contribution in [0.5, 0.6) is 0 Å². The molecule has 0 saturated heterocycles. The first-order valence-corrected chi connectivity index (χ1v) is 9.42. The van der Waals surface area contributed by atoms with Crippen LogP contribution in [0.15, 0.2) is 24.3 Å². The Bertz CT molecular complexity index is 626. The van der Waals surface area contributed by atoms with E-state index in [1.54, 1.807) is 18.2 Å². The number of benzene rings is 1. The second-order valence-corrected chi connectivity index (χ2v) is 7.88. The van der Waals surface area contributed by atoms with Gasteiger partial charge in [-0.1, -0.05) is 33.3 Å². The largest absolute Gasteiger partial charge is 0.460 e. The molecule has 0 spiro atoms. The molecular formula is C21H31NO4. The van der Waals surface area contributed by atoms with Crippen LogP contribution in [0.25, 0.3) is 0 Å². The molecule has 26 heavy (non-hydrogen) atoms. The van der Waals surface area contributed by atoms with E-state index in [0.717, 1.165) is 18.5 Å². The molecular weight excluding hydrogens is 330 g/mol. The van der Waals surface area contributed by atoms with Crippen molar-refractivity contribution in [1.29, 1.82) is 0 Å². The van der Waals surface area contributed by atoms with Gasteiger partial charge in [-0.05, 0) is 48.8 Å². The van der Waals surface area contributed by atoms with Gasteiger partial charge in [0.25, 0.3) is 0 Å². The molecule has 2 rings (SSSR count). The van der Waals surface area contributed by atoms with E-state index in [1.807, 2.05) is 25.1 Å². The van der Waals surface area contributed by atoms with Gasteiger partial charge in [-0.3, -0.25) is 0 Å². The van der Waals surface area contributed by atoms with Gasteiger partial charge in [0.2, 0.25) is 0 Å². The summed E-state index contributed by atoms with van der Waals surface area (Å²) < 4.78 is 10.8. The van der Waals surface area contributed by atoms with Crippen molar-refractivity contribution in [2.45, 2.75) is 46.1 Å². The van der Waals surface area contributed by atoms with Gasteiger partial charge in [0, 0.05) is 19.8 Å². The summed E-state index contributed by atoms with van der Waals surface area (Å²) >= 11 is 0. The molecule has 0 amide bonds. The van der Waals surface area contributed by atoms with E-state index in [1.165, 1.54) is 6.42 Å². The molecule has 3 atom stereocenters. The van der Waals surface area contributed by atoms with Gasteiger partial charge in [0.15, 0.2) is 6.61 Å². The summed E-state index contributed by atoms with van der Waals surface area (Å²) in [6.07, 6.45) is 3.05. The van der Waals surface area contributed by atoms with Crippen molar-refractivity contribution in [1.82, 2.24) is 0 Å². The Labute approximate surface area is 156 Å². The number of ether oxygens (including phenoxy) is 2. The van der Waals surface area contributed by atoms with Crippen molar-refractivity contribution in [2.75, 3.05) is 25.6 Å². The molecule has 1 aromatic rings. The minimum atomic E-state index is -0.511. The van der Waals surface area contributed by atoms with Gasteiger partial charge in [0.1, 0.15) is 6.10 Å². The Kier molecular flexibility index (Phi) is 7.06. The van der Waals surface area contributed by atoms with Crippen LogP contribution in [0.3, 0.4) is 0 Å². The molecule has 1 fully saturated rings. The van der Waals surface area contributed by atoms with Gasteiger partial charge >= 0.3 is 11.9 Å². The third-order valence-electron chi connectivity index (χ3n) is 5.16. The van der Waals surface area contributed by atoms with Gasteiger partial charge in [-0.2, -0.15) is 0 Å². The summed E-state index contributed by atoms with van der Waals surface area (Å²) in [5.74, 6) is 0.424. The van der Waals surface area contributed by atoms with Crippen LogP contribution in [0.1, 0.15) is 50.4 Å². The van der Waals surface area contributed by atoms with Crippen molar-refractivity contribution in [2.24, 2.45) is 17.8 Å². The number of carbonyl (C=O) groups is 2. The summed E-state index contributed by atoms with van der Waals surface area (Å²) in [6, 6.07) is 7.12. The predicted molar refractivity (Wildman–Crippen MR) is 102 cm³/mol. The van der Waals surface area contributed by atoms with E-state index in [2.05, 4.69) is 20.8 Å². The lowest BCUT2D eigenvalue weighted by Crippen LogP contribution is -2.36. The van der Waals surface area contributed by atoms with Gasteiger partial charge in [-0.25, -0.2) is 9.59 Å². The maximum absolute atomic E-state index is 12.2. The molecule has 0 N–H and O–H groups in total. The van der Waals surface area contributed by atoms with Crippen LogP contribution < -0.4 is 4.90 Å². The zero-order valence-corrected chi connectivity index (χ0v) is 16.5. The van der Waals surface area contributed by atoms with Crippen molar-refractivity contribution >= 4 is 17.6 Å². The molecule has 0 aliphatic heterocycles. The summed E-state index contributed by atoms with van der Waals surface area (Å²) in [6.45, 7) is 6.17. The highest BCUT2D eigenvalue weighted by atomic mass is 16.6. The lowest BCUT2D eigenvalue weighted by Gasteiger charge is -2.36. The van der Waals surface area contributed by atoms with E-state index in [9.17, 15) is 9.59 Å². The Morgan fingerprint density at radius 1 is 1.23 bits per heavy atom. The highest BCUT2D eigenvalue weighted by molar-refractivity contribution is 5.91.